The zero-order valence-corrected chi connectivity index (χ0v) is 18.0. The molecule has 0 radical (unpaired) electrons. The number of aromatic nitrogens is 2. The third-order valence-corrected chi connectivity index (χ3v) is 5.63. The molecule has 0 amide bonds. The van der Waals surface area contributed by atoms with E-state index in [-0.39, 0.29) is 22.2 Å². The highest BCUT2D eigenvalue weighted by atomic mass is 35.5. The smallest absolute Gasteiger partial charge is 0.422 e. The van der Waals surface area contributed by atoms with Crippen molar-refractivity contribution >= 4 is 44.6 Å². The van der Waals surface area contributed by atoms with E-state index in [1.54, 1.807) is 24.3 Å². The van der Waals surface area contributed by atoms with Gasteiger partial charge in [0.2, 0.25) is 10.0 Å². The summed E-state index contributed by atoms with van der Waals surface area (Å²) >= 11 is 5.86. The topological polar surface area (TPSA) is 105 Å². The van der Waals surface area contributed by atoms with Crippen LogP contribution < -0.4 is 20.1 Å². The Kier molecular flexibility index (Phi) is 7.06. The lowest BCUT2D eigenvalue weighted by molar-refractivity contribution is -0.153. The highest BCUT2D eigenvalue weighted by molar-refractivity contribution is 7.89. The Balaban J connectivity index is 1.89. The molecule has 0 aliphatic rings. The molecule has 0 spiro atoms. The van der Waals surface area contributed by atoms with E-state index in [0.29, 0.717) is 16.5 Å². The van der Waals surface area contributed by atoms with Crippen LogP contribution >= 0.6 is 11.6 Å². The maximum Gasteiger partial charge on any atom is 0.422 e. The molecule has 3 rings (SSSR count). The molecule has 2 aromatic carbocycles. The van der Waals surface area contributed by atoms with Gasteiger partial charge in [-0.25, -0.2) is 23.1 Å². The first kappa shape index (κ1) is 23.6. The van der Waals surface area contributed by atoms with Crippen molar-refractivity contribution in [2.45, 2.75) is 11.1 Å². The third kappa shape index (κ3) is 6.45. The molecule has 1 heterocycles. The number of nitrogens with zero attached hydrogens (tertiary/aromatic N) is 2. The van der Waals surface area contributed by atoms with Crippen molar-refractivity contribution in [1.29, 1.82) is 0 Å². The summed E-state index contributed by atoms with van der Waals surface area (Å²) in [5.74, 6) is 0.358. The summed E-state index contributed by atoms with van der Waals surface area (Å²) in [5.41, 5.74) is 0.664. The SMILES string of the molecule is CNS(=O)(=O)c1ccc(OCC(F)(F)F)c(Nc2cc(Nc3ccc(Cl)cc3)ncn2)c1. The molecule has 8 nitrogen and oxygen atoms in total. The molecule has 3 aromatic rings. The van der Waals surface area contributed by atoms with Crippen molar-refractivity contribution in [1.82, 2.24) is 14.7 Å². The molecule has 3 N–H and O–H groups in total. The third-order valence-electron chi connectivity index (χ3n) is 3.97. The van der Waals surface area contributed by atoms with Gasteiger partial charge in [0.1, 0.15) is 23.7 Å². The number of nitrogens with one attached hydrogen (secondary N) is 3. The van der Waals surface area contributed by atoms with Gasteiger partial charge in [-0.1, -0.05) is 11.6 Å². The van der Waals surface area contributed by atoms with Crippen LogP contribution in [0.25, 0.3) is 0 Å². The summed E-state index contributed by atoms with van der Waals surface area (Å²) in [5, 5.41) is 6.37. The monoisotopic (exact) mass is 487 g/mol. The van der Waals surface area contributed by atoms with Crippen LogP contribution in [0.15, 0.2) is 59.8 Å². The van der Waals surface area contributed by atoms with Gasteiger partial charge in [0.15, 0.2) is 6.61 Å². The van der Waals surface area contributed by atoms with Crippen molar-refractivity contribution in [2.24, 2.45) is 0 Å². The van der Waals surface area contributed by atoms with E-state index in [1.165, 1.54) is 19.4 Å². The molecule has 13 heteroatoms. The first-order chi connectivity index (χ1) is 15.1. The zero-order chi connectivity index (χ0) is 23.4. The second-order valence-corrected chi connectivity index (χ2v) is 8.64. The number of hydrogen-bond acceptors (Lipinski definition) is 7. The van der Waals surface area contributed by atoms with Crippen molar-refractivity contribution < 1.29 is 26.3 Å². The van der Waals surface area contributed by atoms with E-state index >= 15 is 0 Å². The number of anilines is 4. The van der Waals surface area contributed by atoms with Gasteiger partial charge < -0.3 is 15.4 Å². The van der Waals surface area contributed by atoms with Crippen LogP contribution in [0, 0.1) is 0 Å². The quantitative estimate of drug-likeness (QED) is 0.430. The van der Waals surface area contributed by atoms with E-state index in [4.69, 9.17) is 16.3 Å². The molecule has 0 bridgehead atoms. The molecule has 1 aromatic heterocycles. The number of benzene rings is 2. The highest BCUT2D eigenvalue weighted by Crippen LogP contribution is 2.32. The Morgan fingerprint density at radius 2 is 1.66 bits per heavy atom. The van der Waals surface area contributed by atoms with Crippen LogP contribution in [0.4, 0.5) is 36.2 Å². The maximum absolute atomic E-state index is 12.6. The first-order valence-corrected chi connectivity index (χ1v) is 10.8. The van der Waals surface area contributed by atoms with Gasteiger partial charge in [-0.3, -0.25) is 0 Å². The fourth-order valence-electron chi connectivity index (χ4n) is 2.49. The fourth-order valence-corrected chi connectivity index (χ4v) is 3.37. The van der Waals surface area contributed by atoms with Gasteiger partial charge in [0, 0.05) is 16.8 Å². The van der Waals surface area contributed by atoms with Gasteiger partial charge in [0.25, 0.3) is 0 Å². The van der Waals surface area contributed by atoms with Crippen LogP contribution in [-0.2, 0) is 10.0 Å². The summed E-state index contributed by atoms with van der Waals surface area (Å²) in [4.78, 5) is 7.93. The van der Waals surface area contributed by atoms with Crippen molar-refractivity contribution in [3.05, 3.63) is 59.9 Å². The summed E-state index contributed by atoms with van der Waals surface area (Å²) in [6, 6.07) is 11.7. The van der Waals surface area contributed by atoms with Gasteiger partial charge in [-0.05, 0) is 49.5 Å². The van der Waals surface area contributed by atoms with Gasteiger partial charge in [-0.2, -0.15) is 13.2 Å². The van der Waals surface area contributed by atoms with Crippen molar-refractivity contribution in [2.75, 3.05) is 24.3 Å². The molecule has 0 aliphatic carbocycles. The average Bonchev–Trinajstić information content (AvgIpc) is 2.74. The normalized spacial score (nSPS) is 11.8. The van der Waals surface area contributed by atoms with Crippen molar-refractivity contribution in [3.8, 4) is 5.75 Å². The van der Waals surface area contributed by atoms with Crippen LogP contribution in [0.3, 0.4) is 0 Å². The summed E-state index contributed by atoms with van der Waals surface area (Å²) < 4.78 is 69.1. The molecule has 0 unspecified atom stereocenters. The van der Waals surface area contributed by atoms with E-state index in [2.05, 4.69) is 25.3 Å². The largest absolute Gasteiger partial charge is 0.482 e. The number of halogens is 4. The Hall–Kier alpha value is -3.09. The van der Waals surface area contributed by atoms with Gasteiger partial charge >= 0.3 is 6.18 Å². The van der Waals surface area contributed by atoms with E-state index in [0.717, 1.165) is 18.2 Å². The number of ether oxygens (including phenoxy) is 1. The standard InChI is InChI=1S/C19H17ClF3N5O3S/c1-24-32(29,30)14-6-7-16(31-10-19(21,22)23)15(8-14)28-18-9-17(25-11-26-18)27-13-4-2-12(20)3-5-13/h2-9,11,24H,10H2,1H3,(H2,25,26,27,28). The van der Waals surface area contributed by atoms with E-state index < -0.39 is 22.8 Å². The summed E-state index contributed by atoms with van der Waals surface area (Å²) in [6.45, 7) is -1.55. The minimum atomic E-state index is -4.57. The number of sulfonamides is 1. The lowest BCUT2D eigenvalue weighted by atomic mass is 10.3. The Morgan fingerprint density at radius 3 is 2.28 bits per heavy atom. The number of rotatable bonds is 8. The van der Waals surface area contributed by atoms with Crippen LogP contribution in [0.1, 0.15) is 0 Å². The van der Waals surface area contributed by atoms with Gasteiger partial charge in [0.05, 0.1) is 10.6 Å². The van der Waals surface area contributed by atoms with Crippen molar-refractivity contribution in [3.63, 3.8) is 0 Å². The molecular weight excluding hydrogens is 471 g/mol. The maximum atomic E-state index is 12.6. The Morgan fingerprint density at radius 1 is 1.00 bits per heavy atom. The molecule has 0 aliphatic heterocycles. The molecule has 170 valence electrons. The predicted octanol–water partition coefficient (Wildman–Crippen LogP) is 4.47. The van der Waals surface area contributed by atoms with E-state index in [1.807, 2.05) is 0 Å². The molecule has 0 saturated carbocycles. The molecule has 0 fully saturated rings. The van der Waals surface area contributed by atoms with Crippen LogP contribution in [0.2, 0.25) is 5.02 Å². The average molecular weight is 488 g/mol. The van der Waals surface area contributed by atoms with E-state index in [9.17, 15) is 21.6 Å². The van der Waals surface area contributed by atoms with Crippen LogP contribution in [0.5, 0.6) is 5.75 Å². The zero-order valence-electron chi connectivity index (χ0n) is 16.4. The molecule has 32 heavy (non-hydrogen) atoms. The second kappa shape index (κ2) is 9.59. The highest BCUT2D eigenvalue weighted by Gasteiger charge is 2.29. The molecule has 0 saturated heterocycles. The van der Waals surface area contributed by atoms with Gasteiger partial charge in [-0.15, -0.1) is 0 Å². The summed E-state index contributed by atoms with van der Waals surface area (Å²) in [7, 11) is -2.63. The minimum absolute atomic E-state index is 0.0262. The second-order valence-electron chi connectivity index (χ2n) is 6.31. The number of alkyl halides is 3. The Labute approximate surface area is 186 Å². The van der Waals surface area contributed by atoms with Crippen LogP contribution in [-0.4, -0.2) is 38.2 Å². The fraction of sp³-hybridized carbons (Fsp3) is 0.158. The first-order valence-electron chi connectivity index (χ1n) is 8.94. The Bertz CT molecular complexity index is 1190. The minimum Gasteiger partial charge on any atom is -0.482 e. The summed E-state index contributed by atoms with van der Waals surface area (Å²) in [6.07, 6.45) is -3.34. The predicted molar refractivity (Wildman–Crippen MR) is 114 cm³/mol. The molecule has 0 atom stereocenters. The molecular formula is C19H17ClF3N5O3S. The lowest BCUT2D eigenvalue weighted by Gasteiger charge is -2.16. The lowest BCUT2D eigenvalue weighted by Crippen LogP contribution is -2.20. The number of hydrogen-bond donors (Lipinski definition) is 3.